The Morgan fingerprint density at radius 3 is 2.79 bits per heavy atom. The minimum Gasteiger partial charge on any atom is -0.394 e. The Balaban J connectivity index is 2.99. The van der Waals surface area contributed by atoms with Gasteiger partial charge in [-0.15, -0.1) is 0 Å². The number of pyridine rings is 1. The van der Waals surface area contributed by atoms with Crippen molar-refractivity contribution in [1.29, 1.82) is 0 Å². The number of aryl methyl sites for hydroxylation is 1. The fourth-order valence-electron chi connectivity index (χ4n) is 1.46. The topological polar surface area (TPSA) is 48.0 Å². The summed E-state index contributed by atoms with van der Waals surface area (Å²) in [6.07, 6.45) is 0. The van der Waals surface area contributed by atoms with E-state index < -0.39 is 0 Å². The molecule has 1 heterocycles. The van der Waals surface area contributed by atoms with Gasteiger partial charge in [0, 0.05) is 12.4 Å². The number of nitrogens with zero attached hydrogens (tertiary/aromatic N) is 1. The molecule has 1 aromatic heterocycles. The molecule has 3 nitrogen and oxygen atoms in total. The third kappa shape index (κ3) is 1.16. The average Bonchev–Trinajstić information content (AvgIpc) is 2.16. The number of hydrogen-bond donors (Lipinski definition) is 1. The van der Waals surface area contributed by atoms with Gasteiger partial charge in [0.2, 0.25) is 0 Å². The van der Waals surface area contributed by atoms with Gasteiger partial charge in [-0.25, -0.2) is 4.39 Å². The van der Waals surface area contributed by atoms with Gasteiger partial charge in [-0.2, -0.15) is 0 Å². The maximum Gasteiger partial charge on any atom is 0.273 e. The molecular formula is C10H9FN2O. The molecule has 0 aliphatic heterocycles. The van der Waals surface area contributed by atoms with E-state index in [0.29, 0.717) is 5.52 Å². The molecule has 72 valence electrons. The summed E-state index contributed by atoms with van der Waals surface area (Å²) in [6, 6.07) is 5.81. The largest absolute Gasteiger partial charge is 0.394 e. The lowest BCUT2D eigenvalue weighted by molar-refractivity contribution is 0.628. The first-order valence-corrected chi connectivity index (χ1v) is 4.14. The zero-order valence-electron chi connectivity index (χ0n) is 7.62. The summed E-state index contributed by atoms with van der Waals surface area (Å²) in [5, 5.41) is 0.756. The van der Waals surface area contributed by atoms with Crippen LogP contribution in [-0.2, 0) is 7.05 Å². The summed E-state index contributed by atoms with van der Waals surface area (Å²) in [4.78, 5) is 11.4. The Morgan fingerprint density at radius 1 is 1.36 bits per heavy atom. The van der Waals surface area contributed by atoms with Crippen LogP contribution in [0.25, 0.3) is 10.9 Å². The van der Waals surface area contributed by atoms with Crippen LogP contribution in [0.5, 0.6) is 0 Å². The molecular weight excluding hydrogens is 183 g/mol. The molecule has 2 N–H and O–H groups in total. The Bertz CT molecular complexity index is 560. The molecule has 1 aromatic carbocycles. The van der Waals surface area contributed by atoms with Crippen molar-refractivity contribution < 1.29 is 4.39 Å². The van der Waals surface area contributed by atoms with Gasteiger partial charge in [0.05, 0.1) is 11.2 Å². The Kier molecular flexibility index (Phi) is 1.77. The molecule has 4 heteroatoms. The highest BCUT2D eigenvalue weighted by atomic mass is 19.1. The molecule has 0 saturated heterocycles. The van der Waals surface area contributed by atoms with E-state index in [-0.39, 0.29) is 17.1 Å². The van der Waals surface area contributed by atoms with E-state index in [0.717, 1.165) is 5.39 Å². The molecule has 0 aliphatic carbocycles. The van der Waals surface area contributed by atoms with E-state index in [1.54, 1.807) is 19.2 Å². The van der Waals surface area contributed by atoms with E-state index in [1.807, 2.05) is 0 Å². The number of rotatable bonds is 0. The van der Waals surface area contributed by atoms with Crippen LogP contribution < -0.4 is 11.3 Å². The number of hydrogen-bond acceptors (Lipinski definition) is 2. The van der Waals surface area contributed by atoms with Crippen LogP contribution in [0.2, 0.25) is 0 Å². The van der Waals surface area contributed by atoms with Crippen LogP contribution in [0, 0.1) is 5.82 Å². The van der Waals surface area contributed by atoms with E-state index >= 15 is 0 Å². The van der Waals surface area contributed by atoms with Gasteiger partial charge in [0.25, 0.3) is 5.56 Å². The Morgan fingerprint density at radius 2 is 2.07 bits per heavy atom. The van der Waals surface area contributed by atoms with Crippen LogP contribution in [0.15, 0.2) is 29.1 Å². The van der Waals surface area contributed by atoms with Crippen molar-refractivity contribution in [1.82, 2.24) is 4.57 Å². The highest BCUT2D eigenvalue weighted by Gasteiger charge is 2.04. The summed E-state index contributed by atoms with van der Waals surface area (Å²) in [6.45, 7) is 0. The third-order valence-electron chi connectivity index (χ3n) is 2.22. The quantitative estimate of drug-likeness (QED) is 0.683. The number of nitrogen functional groups attached to an aromatic ring is 1. The molecule has 0 atom stereocenters. The van der Waals surface area contributed by atoms with Crippen LogP contribution in [0.4, 0.5) is 10.1 Å². The lowest BCUT2D eigenvalue weighted by atomic mass is 10.2. The fraction of sp³-hybridized carbons (Fsp3) is 0.100. The van der Waals surface area contributed by atoms with Crippen molar-refractivity contribution in [2.75, 3.05) is 5.73 Å². The average molecular weight is 192 g/mol. The van der Waals surface area contributed by atoms with Crippen molar-refractivity contribution in [2.45, 2.75) is 0 Å². The van der Waals surface area contributed by atoms with Crippen molar-refractivity contribution in [2.24, 2.45) is 7.05 Å². The summed E-state index contributed by atoms with van der Waals surface area (Å²) >= 11 is 0. The molecule has 0 saturated carbocycles. The zero-order chi connectivity index (χ0) is 10.3. The normalized spacial score (nSPS) is 10.7. The Hall–Kier alpha value is -1.84. The van der Waals surface area contributed by atoms with Crippen molar-refractivity contribution in [3.63, 3.8) is 0 Å². The number of nitrogens with two attached hydrogens (primary N) is 1. The first-order chi connectivity index (χ1) is 6.59. The summed E-state index contributed by atoms with van der Waals surface area (Å²) < 4.78 is 14.2. The molecule has 0 spiro atoms. The first kappa shape index (κ1) is 8.74. The lowest BCUT2D eigenvalue weighted by Gasteiger charge is -2.05. The zero-order valence-corrected chi connectivity index (χ0v) is 7.62. The SMILES string of the molecule is Cn1c(=O)c(N)cc2ccc(F)cc21. The van der Waals surface area contributed by atoms with Crippen LogP contribution in [0.3, 0.4) is 0 Å². The van der Waals surface area contributed by atoms with Crippen LogP contribution in [-0.4, -0.2) is 4.57 Å². The van der Waals surface area contributed by atoms with Crippen molar-refractivity contribution in [3.8, 4) is 0 Å². The van der Waals surface area contributed by atoms with Crippen molar-refractivity contribution >= 4 is 16.6 Å². The predicted octanol–water partition coefficient (Wildman–Crippen LogP) is 1.26. The van der Waals surface area contributed by atoms with Crippen LogP contribution in [0.1, 0.15) is 0 Å². The molecule has 0 radical (unpaired) electrons. The van der Waals surface area contributed by atoms with Gasteiger partial charge < -0.3 is 10.3 Å². The van der Waals surface area contributed by atoms with Crippen LogP contribution >= 0.6 is 0 Å². The van der Waals surface area contributed by atoms with Gasteiger partial charge in [-0.1, -0.05) is 0 Å². The summed E-state index contributed by atoms with van der Waals surface area (Å²) in [5.41, 5.74) is 5.91. The molecule has 0 aliphatic rings. The highest BCUT2D eigenvalue weighted by Crippen LogP contribution is 2.14. The van der Waals surface area contributed by atoms with E-state index in [9.17, 15) is 9.18 Å². The minimum atomic E-state index is -0.364. The number of aromatic nitrogens is 1. The molecule has 0 amide bonds. The maximum atomic E-state index is 12.9. The number of halogens is 1. The van der Waals surface area contributed by atoms with E-state index in [2.05, 4.69) is 0 Å². The van der Waals surface area contributed by atoms with Gasteiger partial charge >= 0.3 is 0 Å². The van der Waals surface area contributed by atoms with E-state index in [4.69, 9.17) is 5.73 Å². The second-order valence-corrected chi connectivity index (χ2v) is 3.17. The fourth-order valence-corrected chi connectivity index (χ4v) is 1.46. The second kappa shape index (κ2) is 2.83. The molecule has 14 heavy (non-hydrogen) atoms. The standard InChI is InChI=1S/C10H9FN2O/c1-13-9-5-7(11)3-2-6(9)4-8(12)10(13)14/h2-5H,12H2,1H3. The summed E-state index contributed by atoms with van der Waals surface area (Å²) in [7, 11) is 1.57. The molecule has 2 rings (SSSR count). The highest BCUT2D eigenvalue weighted by molar-refractivity contribution is 5.81. The van der Waals surface area contributed by atoms with E-state index in [1.165, 1.54) is 16.7 Å². The smallest absolute Gasteiger partial charge is 0.273 e. The van der Waals surface area contributed by atoms with Crippen molar-refractivity contribution in [3.05, 3.63) is 40.4 Å². The third-order valence-corrected chi connectivity index (χ3v) is 2.22. The van der Waals surface area contributed by atoms with Gasteiger partial charge in [-0.3, -0.25) is 4.79 Å². The van der Waals surface area contributed by atoms with Gasteiger partial charge in [0.15, 0.2) is 0 Å². The summed E-state index contributed by atoms with van der Waals surface area (Å²) in [5.74, 6) is -0.364. The lowest BCUT2D eigenvalue weighted by Crippen LogP contribution is -2.20. The molecule has 0 unspecified atom stereocenters. The number of anilines is 1. The Labute approximate surface area is 79.6 Å². The molecule has 0 bridgehead atoms. The van der Waals surface area contributed by atoms with Gasteiger partial charge in [0.1, 0.15) is 5.82 Å². The predicted molar refractivity (Wildman–Crippen MR) is 53.6 cm³/mol. The van der Waals surface area contributed by atoms with Gasteiger partial charge in [-0.05, 0) is 24.3 Å². The first-order valence-electron chi connectivity index (χ1n) is 4.14. The second-order valence-electron chi connectivity index (χ2n) is 3.17. The maximum absolute atomic E-state index is 12.9. The molecule has 0 fully saturated rings. The number of benzene rings is 1. The monoisotopic (exact) mass is 192 g/mol. The molecule has 2 aromatic rings. The number of fused-ring (bicyclic) bond motifs is 1. The minimum absolute atomic E-state index is 0.173.